The lowest BCUT2D eigenvalue weighted by Crippen LogP contribution is -2.29. The van der Waals surface area contributed by atoms with Gasteiger partial charge in [-0.1, -0.05) is 41.9 Å². The van der Waals surface area contributed by atoms with Crippen molar-refractivity contribution in [3.05, 3.63) is 57.2 Å². The van der Waals surface area contributed by atoms with Gasteiger partial charge in [0, 0.05) is 5.88 Å². The quantitative estimate of drug-likeness (QED) is 0.846. The molecule has 94 valence electrons. The Balaban J connectivity index is 2.13. The molecule has 2 nitrogen and oxygen atoms in total. The van der Waals surface area contributed by atoms with Gasteiger partial charge in [-0.15, -0.1) is 22.9 Å². The van der Waals surface area contributed by atoms with E-state index in [-0.39, 0.29) is 11.9 Å². The van der Waals surface area contributed by atoms with Gasteiger partial charge in [-0.05, 0) is 17.0 Å². The molecule has 0 saturated carbocycles. The van der Waals surface area contributed by atoms with Crippen molar-refractivity contribution in [3.63, 3.8) is 0 Å². The Labute approximate surface area is 120 Å². The highest BCUT2D eigenvalue weighted by Gasteiger charge is 2.17. The molecule has 1 atom stereocenters. The first kappa shape index (κ1) is 13.4. The van der Waals surface area contributed by atoms with Crippen LogP contribution in [0.4, 0.5) is 0 Å². The predicted octanol–water partition coefficient (Wildman–Crippen LogP) is 4.11. The van der Waals surface area contributed by atoms with E-state index in [9.17, 15) is 4.79 Å². The van der Waals surface area contributed by atoms with Gasteiger partial charge in [-0.3, -0.25) is 4.79 Å². The molecule has 1 N–H and O–H groups in total. The number of carbonyl (C=O) groups excluding carboxylic acids is 1. The molecule has 1 aromatic heterocycles. The summed E-state index contributed by atoms with van der Waals surface area (Å²) in [4.78, 5) is 12.5. The van der Waals surface area contributed by atoms with Crippen LogP contribution in [-0.2, 0) is 0 Å². The van der Waals surface area contributed by atoms with Crippen LogP contribution >= 0.6 is 34.5 Å². The van der Waals surface area contributed by atoms with Crippen molar-refractivity contribution in [1.82, 2.24) is 5.32 Å². The summed E-state index contributed by atoms with van der Waals surface area (Å²) in [7, 11) is 0. The molecule has 0 saturated heterocycles. The molecule has 0 fully saturated rings. The number of nitrogens with one attached hydrogen (secondary N) is 1. The van der Waals surface area contributed by atoms with Crippen molar-refractivity contribution in [2.24, 2.45) is 0 Å². The smallest absolute Gasteiger partial charge is 0.263 e. The van der Waals surface area contributed by atoms with E-state index in [0.29, 0.717) is 15.8 Å². The van der Waals surface area contributed by atoms with E-state index in [1.54, 1.807) is 11.4 Å². The Morgan fingerprint density at radius 1 is 1.28 bits per heavy atom. The molecule has 5 heteroatoms. The van der Waals surface area contributed by atoms with Crippen molar-refractivity contribution < 1.29 is 4.79 Å². The van der Waals surface area contributed by atoms with Crippen molar-refractivity contribution in [2.45, 2.75) is 6.04 Å². The van der Waals surface area contributed by atoms with Crippen molar-refractivity contribution in [2.75, 3.05) is 5.88 Å². The molecule has 0 aliphatic rings. The number of amides is 1. The van der Waals surface area contributed by atoms with Gasteiger partial charge in [-0.25, -0.2) is 0 Å². The second-order valence-corrected chi connectivity index (χ2v) is 5.32. The van der Waals surface area contributed by atoms with E-state index >= 15 is 0 Å². The standard InChI is InChI=1S/C13H11Cl2NOS/c14-8-11(9-4-2-1-3-5-9)16-13(17)12-10(15)6-7-18-12/h1-7,11H,8H2,(H,16,17). The summed E-state index contributed by atoms with van der Waals surface area (Å²) in [5, 5.41) is 5.14. The molecule has 1 amide bonds. The molecule has 1 heterocycles. The van der Waals surface area contributed by atoms with Crippen LogP contribution < -0.4 is 5.32 Å². The van der Waals surface area contributed by atoms with Crippen LogP contribution in [0.2, 0.25) is 5.02 Å². The minimum atomic E-state index is -0.210. The number of carbonyl (C=O) groups is 1. The zero-order valence-corrected chi connectivity index (χ0v) is 11.7. The monoisotopic (exact) mass is 299 g/mol. The van der Waals surface area contributed by atoms with Crippen LogP contribution in [0, 0.1) is 0 Å². The lowest BCUT2D eigenvalue weighted by molar-refractivity contribution is 0.0944. The van der Waals surface area contributed by atoms with Crippen LogP contribution in [0.15, 0.2) is 41.8 Å². The summed E-state index contributed by atoms with van der Waals surface area (Å²) >= 11 is 13.1. The molecule has 18 heavy (non-hydrogen) atoms. The molecule has 0 aliphatic carbocycles. The lowest BCUT2D eigenvalue weighted by Gasteiger charge is -2.16. The fourth-order valence-electron chi connectivity index (χ4n) is 1.58. The molecule has 1 aromatic carbocycles. The summed E-state index contributed by atoms with van der Waals surface area (Å²) in [5.41, 5.74) is 0.980. The predicted molar refractivity (Wildman–Crippen MR) is 76.7 cm³/mol. The molecule has 0 radical (unpaired) electrons. The molecule has 0 aliphatic heterocycles. The first-order valence-corrected chi connectivity index (χ1v) is 7.16. The van der Waals surface area contributed by atoms with Crippen LogP contribution in [0.5, 0.6) is 0 Å². The van der Waals surface area contributed by atoms with Crippen molar-refractivity contribution >= 4 is 40.4 Å². The molecule has 1 unspecified atom stereocenters. The maximum Gasteiger partial charge on any atom is 0.263 e. The van der Waals surface area contributed by atoms with E-state index in [0.717, 1.165) is 5.56 Å². The van der Waals surface area contributed by atoms with Gasteiger partial charge >= 0.3 is 0 Å². The fraction of sp³-hybridized carbons (Fsp3) is 0.154. The number of halogens is 2. The van der Waals surface area contributed by atoms with Gasteiger partial charge < -0.3 is 5.32 Å². The number of alkyl halides is 1. The highest BCUT2D eigenvalue weighted by molar-refractivity contribution is 7.12. The molecule has 0 bridgehead atoms. The largest absolute Gasteiger partial charge is 0.343 e. The zero-order chi connectivity index (χ0) is 13.0. The molecule has 2 aromatic rings. The first-order chi connectivity index (χ1) is 8.72. The summed E-state index contributed by atoms with van der Waals surface area (Å²) in [6, 6.07) is 11.1. The maximum atomic E-state index is 12.0. The van der Waals surface area contributed by atoms with Crippen LogP contribution in [0.25, 0.3) is 0 Å². The summed E-state index contributed by atoms with van der Waals surface area (Å²) in [6.07, 6.45) is 0. The summed E-state index contributed by atoms with van der Waals surface area (Å²) in [6.45, 7) is 0. The second kappa shape index (κ2) is 6.23. The van der Waals surface area contributed by atoms with E-state index in [1.165, 1.54) is 11.3 Å². The normalized spacial score (nSPS) is 12.1. The van der Waals surface area contributed by atoms with Crippen molar-refractivity contribution in [3.8, 4) is 0 Å². The third-order valence-corrected chi connectivity index (χ3v) is 4.13. The Hall–Kier alpha value is -1.03. The van der Waals surface area contributed by atoms with Gasteiger partial charge in [0.1, 0.15) is 4.88 Å². The van der Waals surface area contributed by atoms with Gasteiger partial charge in [0.2, 0.25) is 0 Å². The number of hydrogen-bond donors (Lipinski definition) is 1. The molecule has 0 spiro atoms. The van der Waals surface area contributed by atoms with Gasteiger partial charge in [0.15, 0.2) is 0 Å². The number of benzene rings is 1. The van der Waals surface area contributed by atoms with Crippen molar-refractivity contribution in [1.29, 1.82) is 0 Å². The maximum absolute atomic E-state index is 12.0. The van der Waals surface area contributed by atoms with Gasteiger partial charge in [-0.2, -0.15) is 0 Å². The highest BCUT2D eigenvalue weighted by Crippen LogP contribution is 2.23. The highest BCUT2D eigenvalue weighted by atomic mass is 35.5. The van der Waals surface area contributed by atoms with Gasteiger partial charge in [0.05, 0.1) is 11.1 Å². The SMILES string of the molecule is O=C(NC(CCl)c1ccccc1)c1sccc1Cl. The van der Waals surface area contributed by atoms with E-state index < -0.39 is 0 Å². The van der Waals surface area contributed by atoms with E-state index in [2.05, 4.69) is 5.32 Å². The topological polar surface area (TPSA) is 29.1 Å². The average Bonchev–Trinajstić information content (AvgIpc) is 2.83. The Bertz CT molecular complexity index is 527. The zero-order valence-electron chi connectivity index (χ0n) is 9.40. The molecular weight excluding hydrogens is 289 g/mol. The molecular formula is C13H11Cl2NOS. The molecule has 2 rings (SSSR count). The van der Waals surface area contributed by atoms with E-state index in [1.807, 2.05) is 30.3 Å². The third kappa shape index (κ3) is 3.05. The fourth-order valence-corrected chi connectivity index (χ4v) is 2.88. The van der Waals surface area contributed by atoms with Crippen LogP contribution in [0.3, 0.4) is 0 Å². The van der Waals surface area contributed by atoms with Crippen LogP contribution in [-0.4, -0.2) is 11.8 Å². The Morgan fingerprint density at radius 3 is 2.56 bits per heavy atom. The minimum Gasteiger partial charge on any atom is -0.343 e. The second-order valence-electron chi connectivity index (χ2n) is 3.69. The number of hydrogen-bond acceptors (Lipinski definition) is 2. The third-order valence-electron chi connectivity index (χ3n) is 2.48. The summed E-state index contributed by atoms with van der Waals surface area (Å²) < 4.78 is 0. The van der Waals surface area contributed by atoms with Crippen LogP contribution in [0.1, 0.15) is 21.3 Å². The Morgan fingerprint density at radius 2 is 2.00 bits per heavy atom. The summed E-state index contributed by atoms with van der Waals surface area (Å²) in [5.74, 6) is 0.128. The minimum absolute atomic E-state index is 0.190. The average molecular weight is 300 g/mol. The lowest BCUT2D eigenvalue weighted by atomic mass is 10.1. The first-order valence-electron chi connectivity index (χ1n) is 5.37. The Kier molecular flexibility index (Phi) is 4.64. The number of rotatable bonds is 4. The van der Waals surface area contributed by atoms with Gasteiger partial charge in [0.25, 0.3) is 5.91 Å². The number of thiophene rings is 1. The van der Waals surface area contributed by atoms with E-state index in [4.69, 9.17) is 23.2 Å².